The largest absolute Gasteiger partial charge is 0.281 e. The van der Waals surface area contributed by atoms with Crippen LogP contribution in [-0.4, -0.2) is 19.0 Å². The molecule has 0 bridgehead atoms. The van der Waals surface area contributed by atoms with Crippen LogP contribution < -0.4 is 5.48 Å². The molecule has 0 aliphatic carbocycles. The molecule has 0 spiro atoms. The zero-order chi connectivity index (χ0) is 5.54. The van der Waals surface area contributed by atoms with Crippen LogP contribution in [0.5, 0.6) is 0 Å². The average molecular weight is 123 g/mol. The van der Waals surface area contributed by atoms with Crippen molar-refractivity contribution in [2.75, 3.05) is 19.0 Å². The van der Waals surface area contributed by atoms with Crippen LogP contribution in [0.4, 0.5) is 0 Å². The molecule has 0 unspecified atom stereocenters. The van der Waals surface area contributed by atoms with Crippen LogP contribution in [0.3, 0.4) is 0 Å². The third-order valence-corrected chi connectivity index (χ3v) is 0.543. The third kappa shape index (κ3) is 6.21. The first-order chi connectivity index (χ1) is 3.41. The normalized spacial score (nSPS) is 9.43. The molecule has 0 rings (SSSR count). The number of alkyl halides is 1. The summed E-state index contributed by atoms with van der Waals surface area (Å²) in [4.78, 5) is 4.62. The summed E-state index contributed by atoms with van der Waals surface area (Å²) in [6.07, 6.45) is 0. The van der Waals surface area contributed by atoms with Gasteiger partial charge in [0, 0.05) is 12.4 Å². The molecule has 1 radical (unpaired) electrons. The summed E-state index contributed by atoms with van der Waals surface area (Å²) < 4.78 is 0. The van der Waals surface area contributed by atoms with Crippen LogP contribution in [-0.2, 0) is 4.84 Å². The first kappa shape index (κ1) is 7.21. The lowest BCUT2D eigenvalue weighted by Crippen LogP contribution is -2.06. The second-order valence-electron chi connectivity index (χ2n) is 0.968. The van der Waals surface area contributed by atoms with Gasteiger partial charge in [0.25, 0.3) is 0 Å². The summed E-state index contributed by atoms with van der Waals surface area (Å²) >= 11 is 5.25. The molecule has 3 heteroatoms. The Labute approximate surface area is 48.8 Å². The highest BCUT2D eigenvalue weighted by Crippen LogP contribution is 1.73. The van der Waals surface area contributed by atoms with Crippen molar-refractivity contribution in [3.05, 3.63) is 0 Å². The molecule has 2 nitrogen and oxygen atoms in total. The van der Waals surface area contributed by atoms with Crippen molar-refractivity contribution in [2.24, 2.45) is 0 Å². The zero-order valence-corrected chi connectivity index (χ0v) is 5.11. The third-order valence-electron chi connectivity index (χ3n) is 0.389. The topological polar surface area (TPSA) is 23.3 Å². The maximum absolute atomic E-state index is 5.25. The Balaban J connectivity index is 2.45. The Morgan fingerprint density at radius 3 is 2.86 bits per heavy atom. The van der Waals surface area contributed by atoms with Crippen molar-refractivity contribution in [3.8, 4) is 0 Å². The van der Waals surface area contributed by atoms with Gasteiger partial charge in [-0.25, -0.2) is 0 Å². The Morgan fingerprint density at radius 1 is 1.71 bits per heavy atom. The van der Waals surface area contributed by atoms with E-state index < -0.39 is 0 Å². The van der Waals surface area contributed by atoms with Gasteiger partial charge in [0.15, 0.2) is 0 Å². The number of hydrogen-bond donors (Lipinski definition) is 0. The second-order valence-corrected chi connectivity index (χ2v) is 1.35. The van der Waals surface area contributed by atoms with Gasteiger partial charge in [-0.1, -0.05) is 5.48 Å². The number of hydroxylamine groups is 1. The van der Waals surface area contributed by atoms with E-state index in [9.17, 15) is 0 Å². The minimum absolute atomic E-state index is 0.517. The SMILES string of the molecule is CC[N]OCCCl. The van der Waals surface area contributed by atoms with E-state index in [0.29, 0.717) is 19.0 Å². The van der Waals surface area contributed by atoms with E-state index in [2.05, 4.69) is 10.3 Å². The zero-order valence-electron chi connectivity index (χ0n) is 4.35. The minimum atomic E-state index is 0.517. The van der Waals surface area contributed by atoms with Gasteiger partial charge in [-0.2, -0.15) is 0 Å². The van der Waals surface area contributed by atoms with Crippen molar-refractivity contribution in [1.29, 1.82) is 0 Å². The number of nitrogens with zero attached hydrogens (tertiary/aromatic N) is 1. The molecule has 0 saturated heterocycles. The molecule has 0 fully saturated rings. The highest BCUT2D eigenvalue weighted by molar-refractivity contribution is 6.17. The lowest BCUT2D eigenvalue weighted by atomic mass is 10.8. The number of halogens is 1. The summed E-state index contributed by atoms with van der Waals surface area (Å²) in [5.74, 6) is 0.517. The Bertz CT molecular complexity index is 30.9. The van der Waals surface area contributed by atoms with Gasteiger partial charge in [0.2, 0.25) is 0 Å². The molecule has 0 atom stereocenters. The fourth-order valence-electron chi connectivity index (χ4n) is 0.190. The molecule has 0 aliphatic rings. The van der Waals surface area contributed by atoms with Crippen LogP contribution in [0.25, 0.3) is 0 Å². The summed E-state index contributed by atoms with van der Waals surface area (Å²) in [7, 11) is 0. The fraction of sp³-hybridized carbons (Fsp3) is 1.00. The molecule has 43 valence electrons. The highest BCUT2D eigenvalue weighted by atomic mass is 35.5. The van der Waals surface area contributed by atoms with E-state index in [1.54, 1.807) is 0 Å². The Morgan fingerprint density at radius 2 is 2.43 bits per heavy atom. The van der Waals surface area contributed by atoms with E-state index >= 15 is 0 Å². The highest BCUT2D eigenvalue weighted by Gasteiger charge is 1.79. The standard InChI is InChI=1S/C4H9ClNO/c1-2-6-7-4-3-5/h2-4H2,1H3. The molecule has 7 heavy (non-hydrogen) atoms. The van der Waals surface area contributed by atoms with Gasteiger partial charge < -0.3 is 0 Å². The van der Waals surface area contributed by atoms with Crippen molar-refractivity contribution >= 4 is 11.6 Å². The van der Waals surface area contributed by atoms with Gasteiger partial charge in [-0.3, -0.25) is 4.84 Å². The van der Waals surface area contributed by atoms with E-state index in [-0.39, 0.29) is 0 Å². The minimum Gasteiger partial charge on any atom is -0.281 e. The monoisotopic (exact) mass is 122 g/mol. The molecule has 0 N–H and O–H groups in total. The maximum Gasteiger partial charge on any atom is 0.0838 e. The lowest BCUT2D eigenvalue weighted by Gasteiger charge is -1.93. The summed E-state index contributed by atoms with van der Waals surface area (Å²) in [6.45, 7) is 3.14. The predicted molar refractivity (Wildman–Crippen MR) is 29.3 cm³/mol. The van der Waals surface area contributed by atoms with Gasteiger partial charge in [0.1, 0.15) is 0 Å². The second kappa shape index (κ2) is 6.21. The Hall–Kier alpha value is 0.210. The van der Waals surface area contributed by atoms with E-state index in [1.807, 2.05) is 6.92 Å². The van der Waals surface area contributed by atoms with Crippen LogP contribution >= 0.6 is 11.6 Å². The van der Waals surface area contributed by atoms with Crippen molar-refractivity contribution in [3.63, 3.8) is 0 Å². The molecule has 0 aliphatic heterocycles. The summed E-state index contributed by atoms with van der Waals surface area (Å²) in [5.41, 5.74) is 3.58. The summed E-state index contributed by atoms with van der Waals surface area (Å²) in [6, 6.07) is 0. The molecule has 0 aromatic heterocycles. The lowest BCUT2D eigenvalue weighted by molar-refractivity contribution is 0.0476. The van der Waals surface area contributed by atoms with E-state index in [0.717, 1.165) is 0 Å². The molecular weight excluding hydrogens is 114 g/mol. The first-order valence-corrected chi connectivity index (χ1v) is 2.80. The first-order valence-electron chi connectivity index (χ1n) is 2.26. The average Bonchev–Trinajstić information content (AvgIpc) is 1.69. The predicted octanol–water partition coefficient (Wildman–Crippen LogP) is 0.781. The van der Waals surface area contributed by atoms with Gasteiger partial charge in [-0.05, 0) is 6.92 Å². The van der Waals surface area contributed by atoms with E-state index in [4.69, 9.17) is 11.6 Å². The molecule has 0 amide bonds. The van der Waals surface area contributed by atoms with Crippen LogP contribution in [0.2, 0.25) is 0 Å². The van der Waals surface area contributed by atoms with E-state index in [1.165, 1.54) is 0 Å². The van der Waals surface area contributed by atoms with Gasteiger partial charge in [0.05, 0.1) is 6.61 Å². The molecule has 0 aromatic carbocycles. The van der Waals surface area contributed by atoms with Gasteiger partial charge >= 0.3 is 0 Å². The smallest absolute Gasteiger partial charge is 0.0838 e. The van der Waals surface area contributed by atoms with Crippen LogP contribution in [0, 0.1) is 0 Å². The van der Waals surface area contributed by atoms with Crippen LogP contribution in [0.1, 0.15) is 6.92 Å². The quantitative estimate of drug-likeness (QED) is 0.307. The van der Waals surface area contributed by atoms with Gasteiger partial charge in [-0.15, -0.1) is 11.6 Å². The van der Waals surface area contributed by atoms with Crippen LogP contribution in [0.15, 0.2) is 0 Å². The molecule has 0 saturated carbocycles. The summed E-state index contributed by atoms with van der Waals surface area (Å²) in [5, 5.41) is 0. The number of rotatable bonds is 4. The fourth-order valence-corrected chi connectivity index (χ4v) is 0.259. The van der Waals surface area contributed by atoms with Crippen molar-refractivity contribution < 1.29 is 4.84 Å². The molecule has 0 aromatic rings. The number of hydrogen-bond acceptors (Lipinski definition) is 1. The van der Waals surface area contributed by atoms with Crippen molar-refractivity contribution in [1.82, 2.24) is 5.48 Å². The molecule has 0 heterocycles. The molecular formula is C4H9ClNO. The Kier molecular flexibility index (Phi) is 6.40. The maximum atomic E-state index is 5.25. The van der Waals surface area contributed by atoms with Crippen molar-refractivity contribution in [2.45, 2.75) is 6.92 Å².